The van der Waals surface area contributed by atoms with E-state index in [1.807, 2.05) is 7.05 Å². The Kier molecular flexibility index (Phi) is 5.01. The van der Waals surface area contributed by atoms with Crippen molar-refractivity contribution >= 4 is 27.4 Å². The molecule has 0 bridgehead atoms. The summed E-state index contributed by atoms with van der Waals surface area (Å²) in [5.74, 6) is 0.368. The number of nitrogens with zero attached hydrogens (tertiary/aromatic N) is 1. The Bertz CT molecular complexity index is 507. The van der Waals surface area contributed by atoms with Crippen LogP contribution in [-0.2, 0) is 4.74 Å². The number of carbonyl (C=O) groups is 1. The lowest BCUT2D eigenvalue weighted by Crippen LogP contribution is -2.42. The highest BCUT2D eigenvalue weighted by Crippen LogP contribution is 2.31. The number of hydrogen-bond acceptors (Lipinski definition) is 5. The standard InChI is InChI=1S/C14H19BrN2O3/c1-9(18)12-5-10(15)6-13(16)14(12)20-8-11-7-17(2)3-4-19-11/h5-6,11H,3-4,7-8,16H2,1-2H3. The zero-order chi connectivity index (χ0) is 14.7. The number of ether oxygens (including phenoxy) is 2. The van der Waals surface area contributed by atoms with Gasteiger partial charge in [-0.25, -0.2) is 0 Å². The number of carbonyl (C=O) groups excluding carboxylic acids is 1. The average Bonchev–Trinajstić information content (AvgIpc) is 2.36. The molecule has 0 spiro atoms. The Hall–Kier alpha value is -1.11. The number of rotatable bonds is 4. The number of anilines is 1. The van der Waals surface area contributed by atoms with Crippen LogP contribution in [0.4, 0.5) is 5.69 Å². The maximum atomic E-state index is 11.7. The third kappa shape index (κ3) is 3.71. The maximum Gasteiger partial charge on any atom is 0.163 e. The Morgan fingerprint density at radius 1 is 1.60 bits per heavy atom. The molecule has 1 unspecified atom stereocenters. The number of benzene rings is 1. The Balaban J connectivity index is 2.10. The maximum absolute atomic E-state index is 11.7. The smallest absolute Gasteiger partial charge is 0.163 e. The Morgan fingerprint density at radius 3 is 3.00 bits per heavy atom. The summed E-state index contributed by atoms with van der Waals surface area (Å²) in [7, 11) is 2.05. The first-order chi connectivity index (χ1) is 9.47. The van der Waals surface area contributed by atoms with E-state index in [0.717, 1.165) is 17.6 Å². The molecule has 2 N–H and O–H groups in total. The summed E-state index contributed by atoms with van der Waals surface area (Å²) in [5, 5.41) is 0. The lowest BCUT2D eigenvalue weighted by Gasteiger charge is -2.30. The minimum Gasteiger partial charge on any atom is -0.488 e. The Labute approximate surface area is 127 Å². The van der Waals surface area contributed by atoms with Gasteiger partial charge in [0.15, 0.2) is 11.5 Å². The van der Waals surface area contributed by atoms with Crippen LogP contribution in [0, 0.1) is 0 Å². The van der Waals surface area contributed by atoms with Crippen LogP contribution in [0.15, 0.2) is 16.6 Å². The van der Waals surface area contributed by atoms with E-state index >= 15 is 0 Å². The van der Waals surface area contributed by atoms with Gasteiger partial charge in [0.1, 0.15) is 12.7 Å². The van der Waals surface area contributed by atoms with Crippen molar-refractivity contribution in [1.82, 2.24) is 4.90 Å². The van der Waals surface area contributed by atoms with Crippen LogP contribution in [0.25, 0.3) is 0 Å². The quantitative estimate of drug-likeness (QED) is 0.669. The molecule has 0 aromatic heterocycles. The number of likely N-dealkylation sites (N-methyl/N-ethyl adjacent to an activating group) is 1. The molecule has 1 atom stereocenters. The summed E-state index contributed by atoms with van der Waals surface area (Å²) in [6.45, 7) is 4.32. The molecular formula is C14H19BrN2O3. The van der Waals surface area contributed by atoms with Crippen molar-refractivity contribution < 1.29 is 14.3 Å². The summed E-state index contributed by atoms with van der Waals surface area (Å²) in [5.41, 5.74) is 6.88. The molecule has 6 heteroatoms. The molecule has 1 aromatic carbocycles. The van der Waals surface area contributed by atoms with Crippen LogP contribution in [-0.4, -0.2) is 50.1 Å². The van der Waals surface area contributed by atoms with Crippen molar-refractivity contribution in [2.24, 2.45) is 0 Å². The zero-order valence-electron chi connectivity index (χ0n) is 11.7. The van der Waals surface area contributed by atoms with Crippen LogP contribution >= 0.6 is 15.9 Å². The molecule has 0 aliphatic carbocycles. The first-order valence-corrected chi connectivity index (χ1v) is 7.29. The third-order valence-corrected chi connectivity index (χ3v) is 3.67. The minimum absolute atomic E-state index is 0.00314. The molecule has 1 saturated heterocycles. The normalized spacial score (nSPS) is 19.9. The molecule has 1 heterocycles. The molecule has 2 rings (SSSR count). The number of nitrogens with two attached hydrogens (primary N) is 1. The number of hydrogen-bond donors (Lipinski definition) is 1. The summed E-state index contributed by atoms with van der Waals surface area (Å²) in [6.07, 6.45) is -0.00314. The van der Waals surface area contributed by atoms with Gasteiger partial charge in [-0.15, -0.1) is 0 Å². The number of nitrogen functional groups attached to an aromatic ring is 1. The van der Waals surface area contributed by atoms with Crippen LogP contribution in [0.5, 0.6) is 5.75 Å². The highest BCUT2D eigenvalue weighted by Gasteiger charge is 2.20. The summed E-state index contributed by atoms with van der Waals surface area (Å²) in [6, 6.07) is 3.46. The molecule has 0 radical (unpaired) electrons. The number of ketones is 1. The van der Waals surface area contributed by atoms with Gasteiger partial charge < -0.3 is 20.1 Å². The lowest BCUT2D eigenvalue weighted by molar-refractivity contribution is -0.0403. The van der Waals surface area contributed by atoms with Gasteiger partial charge in [0.25, 0.3) is 0 Å². The van der Waals surface area contributed by atoms with E-state index in [1.165, 1.54) is 6.92 Å². The van der Waals surface area contributed by atoms with E-state index in [4.69, 9.17) is 15.2 Å². The van der Waals surface area contributed by atoms with Crippen molar-refractivity contribution in [2.45, 2.75) is 13.0 Å². The Morgan fingerprint density at radius 2 is 2.35 bits per heavy atom. The largest absolute Gasteiger partial charge is 0.488 e. The van der Waals surface area contributed by atoms with Crippen LogP contribution in [0.3, 0.4) is 0 Å². The molecular weight excluding hydrogens is 324 g/mol. The monoisotopic (exact) mass is 342 g/mol. The van der Waals surface area contributed by atoms with Gasteiger partial charge in [-0.3, -0.25) is 4.79 Å². The minimum atomic E-state index is -0.0744. The fourth-order valence-electron chi connectivity index (χ4n) is 2.18. The molecule has 1 aromatic rings. The van der Waals surface area contributed by atoms with E-state index in [1.54, 1.807) is 12.1 Å². The predicted molar refractivity (Wildman–Crippen MR) is 81.3 cm³/mol. The number of halogens is 1. The van der Waals surface area contributed by atoms with Gasteiger partial charge in [-0.05, 0) is 26.1 Å². The van der Waals surface area contributed by atoms with Crippen molar-refractivity contribution in [1.29, 1.82) is 0 Å². The second-order valence-corrected chi connectivity index (χ2v) is 5.91. The fraction of sp³-hybridized carbons (Fsp3) is 0.500. The summed E-state index contributed by atoms with van der Waals surface area (Å²) in [4.78, 5) is 13.9. The first kappa shape index (κ1) is 15.3. The molecule has 1 aliphatic heterocycles. The summed E-state index contributed by atoms with van der Waals surface area (Å²) < 4.78 is 12.2. The van der Waals surface area contributed by atoms with E-state index in [0.29, 0.717) is 30.2 Å². The predicted octanol–water partition coefficient (Wildman–Crippen LogP) is 1.94. The second-order valence-electron chi connectivity index (χ2n) is 4.99. The van der Waals surface area contributed by atoms with E-state index in [-0.39, 0.29) is 11.9 Å². The molecule has 1 aliphatic rings. The second kappa shape index (κ2) is 6.56. The molecule has 0 amide bonds. The van der Waals surface area contributed by atoms with Gasteiger partial charge >= 0.3 is 0 Å². The SMILES string of the molecule is CC(=O)c1cc(Br)cc(N)c1OCC1CN(C)CCO1. The third-order valence-electron chi connectivity index (χ3n) is 3.22. The van der Waals surface area contributed by atoms with Gasteiger partial charge in [0, 0.05) is 17.6 Å². The fourth-order valence-corrected chi connectivity index (χ4v) is 2.66. The first-order valence-electron chi connectivity index (χ1n) is 6.50. The van der Waals surface area contributed by atoms with E-state index in [9.17, 15) is 4.79 Å². The van der Waals surface area contributed by atoms with E-state index in [2.05, 4.69) is 20.8 Å². The van der Waals surface area contributed by atoms with Crippen LogP contribution < -0.4 is 10.5 Å². The van der Waals surface area contributed by atoms with Crippen molar-refractivity contribution in [3.05, 3.63) is 22.2 Å². The lowest BCUT2D eigenvalue weighted by atomic mass is 10.1. The van der Waals surface area contributed by atoms with Gasteiger partial charge in [-0.1, -0.05) is 15.9 Å². The number of morpholine rings is 1. The van der Waals surface area contributed by atoms with E-state index < -0.39 is 0 Å². The highest BCUT2D eigenvalue weighted by atomic mass is 79.9. The summed E-state index contributed by atoms with van der Waals surface area (Å²) >= 11 is 3.33. The van der Waals surface area contributed by atoms with Crippen LogP contribution in [0.2, 0.25) is 0 Å². The molecule has 0 saturated carbocycles. The van der Waals surface area contributed by atoms with Crippen molar-refractivity contribution in [3.8, 4) is 5.75 Å². The molecule has 20 heavy (non-hydrogen) atoms. The highest BCUT2D eigenvalue weighted by molar-refractivity contribution is 9.10. The molecule has 1 fully saturated rings. The molecule has 5 nitrogen and oxygen atoms in total. The van der Waals surface area contributed by atoms with Crippen molar-refractivity contribution in [2.75, 3.05) is 39.1 Å². The van der Waals surface area contributed by atoms with Gasteiger partial charge in [0.2, 0.25) is 0 Å². The number of Topliss-reactive ketones (excluding diaryl/α,β-unsaturated/α-hetero) is 1. The van der Waals surface area contributed by atoms with Gasteiger partial charge in [-0.2, -0.15) is 0 Å². The average molecular weight is 343 g/mol. The van der Waals surface area contributed by atoms with Crippen LogP contribution in [0.1, 0.15) is 17.3 Å². The van der Waals surface area contributed by atoms with Crippen molar-refractivity contribution in [3.63, 3.8) is 0 Å². The van der Waals surface area contributed by atoms with Gasteiger partial charge in [0.05, 0.1) is 17.9 Å². The topological polar surface area (TPSA) is 64.8 Å². The molecule has 110 valence electrons. The zero-order valence-corrected chi connectivity index (χ0v) is 13.3.